The van der Waals surface area contributed by atoms with Crippen molar-refractivity contribution in [1.29, 1.82) is 0 Å². The number of nitro benzene ring substituents is 1. The maximum atomic E-state index is 12.0. The van der Waals surface area contributed by atoms with Gasteiger partial charge in [0.05, 0.1) is 15.8 Å². The summed E-state index contributed by atoms with van der Waals surface area (Å²) >= 11 is 9.03. The molecule has 6 nitrogen and oxygen atoms in total. The van der Waals surface area contributed by atoms with Crippen LogP contribution in [0.1, 0.15) is 0 Å². The lowest BCUT2D eigenvalue weighted by Crippen LogP contribution is -2.03. The Morgan fingerprint density at radius 1 is 1.23 bits per heavy atom. The number of hydrogen-bond acceptors (Lipinski definition) is 5. The first kappa shape index (κ1) is 14.7. The van der Waals surface area contributed by atoms with Gasteiger partial charge < -0.3 is 4.42 Å². The van der Waals surface area contributed by atoms with E-state index in [0.717, 1.165) is 4.47 Å². The fourth-order valence-corrected chi connectivity index (χ4v) is 2.50. The van der Waals surface area contributed by atoms with Gasteiger partial charge in [-0.15, -0.1) is 0 Å². The molecule has 0 radical (unpaired) electrons. The zero-order valence-corrected chi connectivity index (χ0v) is 13.1. The van der Waals surface area contributed by atoms with Gasteiger partial charge in [-0.3, -0.25) is 10.1 Å². The van der Waals surface area contributed by atoms with Crippen molar-refractivity contribution < 1.29 is 9.34 Å². The summed E-state index contributed by atoms with van der Waals surface area (Å²) in [6.07, 6.45) is 0. The van der Waals surface area contributed by atoms with E-state index in [-0.39, 0.29) is 16.6 Å². The molecular weight excluding hydrogens is 376 g/mol. The Hall–Kier alpha value is -2.25. The lowest BCUT2D eigenvalue weighted by atomic mass is 10.2. The van der Waals surface area contributed by atoms with Crippen LogP contribution in [0.15, 0.2) is 50.1 Å². The fourth-order valence-electron chi connectivity index (χ4n) is 1.95. The normalized spacial score (nSPS) is 10.8. The molecule has 3 rings (SSSR count). The number of aromatic nitrogens is 1. The van der Waals surface area contributed by atoms with E-state index in [4.69, 9.17) is 16.0 Å². The number of benzene rings is 2. The quantitative estimate of drug-likeness (QED) is 0.491. The van der Waals surface area contributed by atoms with E-state index in [0.29, 0.717) is 16.5 Å². The zero-order chi connectivity index (χ0) is 15.9. The van der Waals surface area contributed by atoms with Crippen molar-refractivity contribution in [2.24, 2.45) is 0 Å². The molecule has 22 heavy (non-hydrogen) atoms. The minimum atomic E-state index is -0.609. The van der Waals surface area contributed by atoms with Gasteiger partial charge in [0.2, 0.25) is 5.89 Å². The van der Waals surface area contributed by atoms with Crippen LogP contribution in [0.2, 0.25) is 5.02 Å². The third-order valence-corrected chi connectivity index (χ3v) is 3.79. The zero-order valence-electron chi connectivity index (χ0n) is 10.7. The van der Waals surface area contributed by atoms with Gasteiger partial charge in [0.1, 0.15) is 5.02 Å². The monoisotopic (exact) mass is 380 g/mol. The van der Waals surface area contributed by atoms with Crippen LogP contribution in [-0.4, -0.2) is 9.91 Å². The van der Waals surface area contributed by atoms with Crippen LogP contribution in [-0.2, 0) is 0 Å². The molecule has 0 aliphatic rings. The third-order valence-electron chi connectivity index (χ3n) is 2.98. The molecule has 8 heteroatoms. The second-order valence-electron chi connectivity index (χ2n) is 4.39. The van der Waals surface area contributed by atoms with Gasteiger partial charge in [-0.05, 0) is 30.3 Å². The Bertz CT molecular complexity index is 971. The van der Waals surface area contributed by atoms with E-state index in [1.54, 1.807) is 18.2 Å². The Morgan fingerprint density at radius 2 is 2.00 bits per heavy atom. The summed E-state index contributed by atoms with van der Waals surface area (Å²) in [6.45, 7) is 0. The SMILES string of the molecule is O=c1oc(-c2ccc(Cl)c([N+](=O)[O-])c2)nc2ccc(Br)cc12. The summed E-state index contributed by atoms with van der Waals surface area (Å²) < 4.78 is 5.88. The van der Waals surface area contributed by atoms with Crippen molar-refractivity contribution in [2.75, 3.05) is 0 Å². The Morgan fingerprint density at radius 3 is 2.73 bits per heavy atom. The Kier molecular flexibility index (Phi) is 3.67. The number of nitro groups is 1. The van der Waals surface area contributed by atoms with Gasteiger partial charge in [0, 0.05) is 16.1 Å². The largest absolute Gasteiger partial charge is 0.403 e. The molecule has 0 saturated heterocycles. The minimum Gasteiger partial charge on any atom is -0.403 e. The summed E-state index contributed by atoms with van der Waals surface area (Å²) in [5.74, 6) is -0.000380. The van der Waals surface area contributed by atoms with E-state index in [1.807, 2.05) is 0 Å². The molecule has 0 fully saturated rings. The topological polar surface area (TPSA) is 86.2 Å². The average molecular weight is 382 g/mol. The standard InChI is InChI=1S/C14H6BrClN2O4/c15-8-2-4-11-9(6-8)14(19)22-13(17-11)7-1-3-10(16)12(5-7)18(20)21/h1-6H. The number of nitrogens with zero attached hydrogens (tertiary/aromatic N) is 2. The number of fused-ring (bicyclic) bond motifs is 1. The van der Waals surface area contributed by atoms with Crippen molar-refractivity contribution in [2.45, 2.75) is 0 Å². The smallest absolute Gasteiger partial charge is 0.347 e. The molecule has 0 saturated carbocycles. The van der Waals surface area contributed by atoms with Crippen molar-refractivity contribution in [3.8, 4) is 11.5 Å². The van der Waals surface area contributed by atoms with Crippen LogP contribution >= 0.6 is 27.5 Å². The van der Waals surface area contributed by atoms with Gasteiger partial charge in [-0.25, -0.2) is 9.78 Å². The van der Waals surface area contributed by atoms with Crippen LogP contribution in [0.5, 0.6) is 0 Å². The van der Waals surface area contributed by atoms with Crippen LogP contribution in [0.3, 0.4) is 0 Å². The highest BCUT2D eigenvalue weighted by atomic mass is 79.9. The van der Waals surface area contributed by atoms with E-state index in [9.17, 15) is 14.9 Å². The molecule has 110 valence electrons. The van der Waals surface area contributed by atoms with Crippen LogP contribution < -0.4 is 5.63 Å². The molecule has 0 aliphatic heterocycles. The van der Waals surface area contributed by atoms with Crippen LogP contribution in [0.4, 0.5) is 5.69 Å². The molecule has 0 unspecified atom stereocenters. The molecule has 0 atom stereocenters. The lowest BCUT2D eigenvalue weighted by molar-refractivity contribution is -0.384. The summed E-state index contributed by atoms with van der Waals surface area (Å²) in [5, 5.41) is 11.2. The van der Waals surface area contributed by atoms with Crippen LogP contribution in [0, 0.1) is 10.1 Å². The number of halogens is 2. The average Bonchev–Trinajstić information content (AvgIpc) is 2.48. The highest BCUT2D eigenvalue weighted by molar-refractivity contribution is 9.10. The van der Waals surface area contributed by atoms with Crippen molar-refractivity contribution >= 4 is 44.1 Å². The highest BCUT2D eigenvalue weighted by Crippen LogP contribution is 2.29. The Balaban J connectivity index is 2.23. The third kappa shape index (κ3) is 2.60. The maximum absolute atomic E-state index is 12.0. The fraction of sp³-hybridized carbons (Fsp3) is 0. The van der Waals surface area contributed by atoms with Crippen molar-refractivity contribution in [1.82, 2.24) is 4.98 Å². The van der Waals surface area contributed by atoms with E-state index in [2.05, 4.69) is 20.9 Å². The van der Waals surface area contributed by atoms with Gasteiger partial charge >= 0.3 is 5.63 Å². The van der Waals surface area contributed by atoms with Gasteiger partial charge in [-0.1, -0.05) is 27.5 Å². The summed E-state index contributed by atoms with van der Waals surface area (Å²) in [7, 11) is 0. The molecule has 0 bridgehead atoms. The molecule has 2 aromatic carbocycles. The van der Waals surface area contributed by atoms with Gasteiger partial charge in [-0.2, -0.15) is 0 Å². The first-order valence-electron chi connectivity index (χ1n) is 6.00. The molecule has 0 N–H and O–H groups in total. The van der Waals surface area contributed by atoms with Gasteiger partial charge in [0.25, 0.3) is 5.69 Å². The highest BCUT2D eigenvalue weighted by Gasteiger charge is 2.16. The maximum Gasteiger partial charge on any atom is 0.347 e. The summed E-state index contributed by atoms with van der Waals surface area (Å²) in [6, 6.07) is 9.08. The molecule has 0 amide bonds. The number of hydrogen-bond donors (Lipinski definition) is 0. The van der Waals surface area contributed by atoms with E-state index >= 15 is 0 Å². The molecular formula is C14H6BrClN2O4. The van der Waals surface area contributed by atoms with Gasteiger partial charge in [0.15, 0.2) is 0 Å². The second-order valence-corrected chi connectivity index (χ2v) is 5.71. The lowest BCUT2D eigenvalue weighted by Gasteiger charge is -2.03. The minimum absolute atomic E-state index is 0.000380. The first-order valence-corrected chi connectivity index (χ1v) is 7.17. The predicted molar refractivity (Wildman–Crippen MR) is 85.1 cm³/mol. The van der Waals surface area contributed by atoms with Crippen molar-refractivity contribution in [3.63, 3.8) is 0 Å². The second kappa shape index (κ2) is 5.51. The van der Waals surface area contributed by atoms with E-state index < -0.39 is 10.5 Å². The van der Waals surface area contributed by atoms with Crippen molar-refractivity contribution in [3.05, 3.63) is 66.4 Å². The summed E-state index contributed by atoms with van der Waals surface area (Å²) in [5.41, 5.74) is -0.108. The van der Waals surface area contributed by atoms with Crippen LogP contribution in [0.25, 0.3) is 22.4 Å². The molecule has 0 spiro atoms. The predicted octanol–water partition coefficient (Wildman–Crippen LogP) is 4.18. The first-order chi connectivity index (χ1) is 10.5. The molecule has 0 aliphatic carbocycles. The molecule has 1 aromatic heterocycles. The number of rotatable bonds is 2. The molecule has 3 aromatic rings. The molecule has 1 heterocycles. The Labute approximate surface area is 136 Å². The summed E-state index contributed by atoms with van der Waals surface area (Å²) in [4.78, 5) is 26.6. The van der Waals surface area contributed by atoms with E-state index in [1.165, 1.54) is 18.2 Å².